The lowest BCUT2D eigenvalue weighted by molar-refractivity contribution is 0.189. The van der Waals surface area contributed by atoms with Crippen LogP contribution in [-0.2, 0) is 18.3 Å². The molecule has 2 aliphatic rings. The van der Waals surface area contributed by atoms with Gasteiger partial charge in [0.15, 0.2) is 0 Å². The number of benzene rings is 2. The predicted molar refractivity (Wildman–Crippen MR) is 97.0 cm³/mol. The maximum absolute atomic E-state index is 2.42. The van der Waals surface area contributed by atoms with Crippen molar-refractivity contribution in [2.45, 2.75) is 50.0 Å². The first-order chi connectivity index (χ1) is 11.2. The van der Waals surface area contributed by atoms with Gasteiger partial charge < -0.3 is 4.90 Å². The summed E-state index contributed by atoms with van der Waals surface area (Å²) in [5.74, 6) is 0. The molecule has 1 fully saturated rings. The highest BCUT2D eigenvalue weighted by molar-refractivity contribution is 5.50. The molecule has 2 aromatic carbocycles. The highest BCUT2D eigenvalue weighted by Gasteiger charge is 2.42. The maximum Gasteiger partial charge on any atom is 0.0209 e. The number of aryl methyl sites for hydroxylation is 2. The van der Waals surface area contributed by atoms with Crippen molar-refractivity contribution >= 4 is 0 Å². The van der Waals surface area contributed by atoms with Gasteiger partial charge in [-0.05, 0) is 74.9 Å². The third-order valence-electron chi connectivity index (χ3n) is 6.27. The molecule has 0 heterocycles. The number of rotatable bonds is 1. The quantitative estimate of drug-likeness (QED) is 0.745. The van der Waals surface area contributed by atoms with Crippen molar-refractivity contribution < 1.29 is 0 Å². The molecular formula is C22H27N. The number of fused-ring (bicyclic) bond motifs is 4. The van der Waals surface area contributed by atoms with E-state index in [0.717, 1.165) is 6.04 Å². The van der Waals surface area contributed by atoms with Gasteiger partial charge in [-0.2, -0.15) is 0 Å². The molecule has 0 amide bonds. The van der Waals surface area contributed by atoms with Crippen LogP contribution in [0.3, 0.4) is 0 Å². The first-order valence-corrected chi connectivity index (χ1v) is 9.04. The molecule has 0 radical (unpaired) electrons. The maximum atomic E-state index is 2.42. The fourth-order valence-electron chi connectivity index (χ4n) is 4.98. The van der Waals surface area contributed by atoms with E-state index in [4.69, 9.17) is 0 Å². The summed E-state index contributed by atoms with van der Waals surface area (Å²) in [4.78, 5) is 2.42. The van der Waals surface area contributed by atoms with Crippen LogP contribution in [0, 0.1) is 0 Å². The number of nitrogens with zero attached hydrogens (tertiary/aromatic N) is 1. The molecule has 0 unspecified atom stereocenters. The zero-order valence-corrected chi connectivity index (χ0v) is 14.4. The zero-order valence-electron chi connectivity index (χ0n) is 14.4. The van der Waals surface area contributed by atoms with Crippen LogP contribution in [0.4, 0.5) is 0 Å². The lowest BCUT2D eigenvalue weighted by atomic mass is 9.63. The molecule has 2 aliphatic carbocycles. The Morgan fingerprint density at radius 2 is 1.26 bits per heavy atom. The Labute approximate surface area is 140 Å². The molecule has 0 atom stereocenters. The summed E-state index contributed by atoms with van der Waals surface area (Å²) in [5.41, 5.74) is 6.62. The van der Waals surface area contributed by atoms with Crippen LogP contribution < -0.4 is 0 Å². The molecule has 120 valence electrons. The van der Waals surface area contributed by atoms with Crippen molar-refractivity contribution in [3.8, 4) is 0 Å². The lowest BCUT2D eigenvalue weighted by Crippen LogP contribution is -2.40. The number of hydrogen-bond donors (Lipinski definition) is 0. The van der Waals surface area contributed by atoms with Crippen LogP contribution in [0.25, 0.3) is 0 Å². The third kappa shape index (κ3) is 2.42. The summed E-state index contributed by atoms with van der Waals surface area (Å²) in [6.45, 7) is 0. The van der Waals surface area contributed by atoms with Gasteiger partial charge in [0.1, 0.15) is 0 Å². The minimum Gasteiger partial charge on any atom is -0.306 e. The van der Waals surface area contributed by atoms with Gasteiger partial charge in [-0.25, -0.2) is 0 Å². The summed E-state index contributed by atoms with van der Waals surface area (Å²) >= 11 is 0. The average molecular weight is 305 g/mol. The van der Waals surface area contributed by atoms with Gasteiger partial charge in [0.25, 0.3) is 0 Å². The Bertz CT molecular complexity index is 643. The van der Waals surface area contributed by atoms with E-state index in [-0.39, 0.29) is 5.41 Å². The summed E-state index contributed by atoms with van der Waals surface area (Å²) in [6.07, 6.45) is 7.54. The van der Waals surface area contributed by atoms with Crippen molar-refractivity contribution in [2.75, 3.05) is 14.1 Å². The van der Waals surface area contributed by atoms with Crippen LogP contribution in [0.2, 0.25) is 0 Å². The molecule has 23 heavy (non-hydrogen) atoms. The van der Waals surface area contributed by atoms with Gasteiger partial charge in [0, 0.05) is 11.5 Å². The van der Waals surface area contributed by atoms with Gasteiger partial charge in [-0.15, -0.1) is 0 Å². The topological polar surface area (TPSA) is 3.24 Å². The smallest absolute Gasteiger partial charge is 0.0209 e. The van der Waals surface area contributed by atoms with E-state index in [1.165, 1.54) is 38.5 Å². The highest BCUT2D eigenvalue weighted by Crippen LogP contribution is 2.49. The normalized spacial score (nSPS) is 20.1. The second kappa shape index (κ2) is 5.79. The zero-order chi connectivity index (χ0) is 15.9. The molecule has 0 N–H and O–H groups in total. The minimum atomic E-state index is 0.246. The summed E-state index contributed by atoms with van der Waals surface area (Å²) in [5, 5.41) is 0. The van der Waals surface area contributed by atoms with Crippen LogP contribution in [-0.4, -0.2) is 25.0 Å². The predicted octanol–water partition coefficient (Wildman–Crippen LogP) is 4.58. The Balaban J connectivity index is 1.85. The van der Waals surface area contributed by atoms with Crippen molar-refractivity contribution in [2.24, 2.45) is 0 Å². The minimum absolute atomic E-state index is 0.246. The fraction of sp³-hybridized carbons (Fsp3) is 0.455. The molecule has 0 bridgehead atoms. The van der Waals surface area contributed by atoms with Gasteiger partial charge in [-0.3, -0.25) is 0 Å². The Kier molecular flexibility index (Phi) is 3.77. The second-order valence-corrected chi connectivity index (χ2v) is 7.59. The van der Waals surface area contributed by atoms with Gasteiger partial charge in [0.05, 0.1) is 0 Å². The van der Waals surface area contributed by atoms with Crippen molar-refractivity contribution in [1.29, 1.82) is 0 Å². The molecule has 0 saturated heterocycles. The Morgan fingerprint density at radius 3 is 1.74 bits per heavy atom. The largest absolute Gasteiger partial charge is 0.306 e. The average Bonchev–Trinajstić information content (AvgIpc) is 2.72. The van der Waals surface area contributed by atoms with Crippen molar-refractivity contribution in [3.63, 3.8) is 0 Å². The van der Waals surface area contributed by atoms with Crippen LogP contribution in [0.1, 0.15) is 47.9 Å². The molecule has 1 heteroatoms. The van der Waals surface area contributed by atoms with Gasteiger partial charge in [-0.1, -0.05) is 48.5 Å². The Hall–Kier alpha value is -1.60. The van der Waals surface area contributed by atoms with Gasteiger partial charge in [0.2, 0.25) is 0 Å². The molecule has 1 spiro atoms. The molecule has 0 aliphatic heterocycles. The van der Waals surface area contributed by atoms with Crippen LogP contribution in [0.15, 0.2) is 48.5 Å². The number of hydrogen-bond acceptors (Lipinski definition) is 1. The summed E-state index contributed by atoms with van der Waals surface area (Å²) in [6, 6.07) is 19.2. The fourth-order valence-corrected chi connectivity index (χ4v) is 4.98. The Morgan fingerprint density at radius 1 is 0.783 bits per heavy atom. The van der Waals surface area contributed by atoms with E-state index < -0.39 is 0 Å². The van der Waals surface area contributed by atoms with E-state index in [1.54, 1.807) is 22.3 Å². The molecule has 0 aromatic heterocycles. The monoisotopic (exact) mass is 305 g/mol. The van der Waals surface area contributed by atoms with Crippen molar-refractivity contribution in [1.82, 2.24) is 4.90 Å². The summed E-state index contributed by atoms with van der Waals surface area (Å²) in [7, 11) is 4.47. The van der Waals surface area contributed by atoms with Crippen LogP contribution >= 0.6 is 0 Å². The summed E-state index contributed by atoms with van der Waals surface area (Å²) < 4.78 is 0. The molecule has 1 saturated carbocycles. The molecule has 4 rings (SSSR count). The van der Waals surface area contributed by atoms with E-state index >= 15 is 0 Å². The molecular weight excluding hydrogens is 278 g/mol. The third-order valence-corrected chi connectivity index (χ3v) is 6.27. The van der Waals surface area contributed by atoms with E-state index in [0.29, 0.717) is 0 Å². The van der Waals surface area contributed by atoms with E-state index in [2.05, 4.69) is 67.5 Å². The second-order valence-electron chi connectivity index (χ2n) is 7.59. The van der Waals surface area contributed by atoms with Crippen LogP contribution in [0.5, 0.6) is 0 Å². The molecule has 2 aromatic rings. The van der Waals surface area contributed by atoms with Gasteiger partial charge >= 0.3 is 0 Å². The first-order valence-electron chi connectivity index (χ1n) is 9.04. The lowest BCUT2D eigenvalue weighted by Gasteiger charge is -2.44. The SMILES string of the molecule is CN(C)C1CCC2(CC1)c1ccccc1CCc1ccccc12. The first kappa shape index (κ1) is 15.0. The standard InChI is InChI=1S/C22H27N/c1-23(2)19-13-15-22(16-14-19)20-9-5-3-7-17(20)11-12-18-8-4-6-10-21(18)22/h3-10,19H,11-16H2,1-2H3. The van der Waals surface area contributed by atoms with Crippen molar-refractivity contribution in [3.05, 3.63) is 70.8 Å². The molecule has 1 nitrogen and oxygen atoms in total. The highest BCUT2D eigenvalue weighted by atomic mass is 15.1. The van der Waals surface area contributed by atoms with E-state index in [9.17, 15) is 0 Å². The van der Waals surface area contributed by atoms with E-state index in [1.807, 2.05) is 0 Å².